The van der Waals surface area contributed by atoms with Gasteiger partial charge in [0, 0.05) is 6.04 Å². The quantitative estimate of drug-likeness (QED) is 0.636. The molecule has 0 amide bonds. The highest BCUT2D eigenvalue weighted by Gasteiger charge is 2.26. The molecule has 1 fully saturated rings. The number of hydrogen-bond donors (Lipinski definition) is 2. The standard InChI is InChI=1S/C18H30N2/c1-13-5-7-14(8-6-13)17(20-19)15-9-11-16(12-10-15)18(2,3)4/h9-14,17,20H,5-8,19H2,1-4H3. The van der Waals surface area contributed by atoms with Crippen LogP contribution in [0.3, 0.4) is 0 Å². The van der Waals surface area contributed by atoms with E-state index in [1.54, 1.807) is 0 Å². The third-order valence-electron chi connectivity index (χ3n) is 4.85. The molecule has 1 aromatic carbocycles. The minimum absolute atomic E-state index is 0.213. The molecule has 1 aliphatic rings. The Labute approximate surface area is 124 Å². The Morgan fingerprint density at radius 2 is 1.60 bits per heavy atom. The van der Waals surface area contributed by atoms with E-state index in [0.717, 1.165) is 5.92 Å². The van der Waals surface area contributed by atoms with Crippen LogP contribution in [0, 0.1) is 11.8 Å². The predicted octanol–water partition coefficient (Wildman–Crippen LogP) is 4.31. The van der Waals surface area contributed by atoms with Crippen molar-refractivity contribution >= 4 is 0 Å². The summed E-state index contributed by atoms with van der Waals surface area (Å²) >= 11 is 0. The first-order valence-corrected chi connectivity index (χ1v) is 7.98. The molecule has 1 saturated carbocycles. The average Bonchev–Trinajstić information content (AvgIpc) is 2.41. The molecule has 2 heteroatoms. The van der Waals surface area contributed by atoms with Crippen LogP contribution in [0.15, 0.2) is 24.3 Å². The molecule has 0 bridgehead atoms. The van der Waals surface area contributed by atoms with E-state index >= 15 is 0 Å². The minimum Gasteiger partial charge on any atom is -0.271 e. The Balaban J connectivity index is 2.11. The molecule has 2 rings (SSSR count). The van der Waals surface area contributed by atoms with E-state index in [9.17, 15) is 0 Å². The topological polar surface area (TPSA) is 38.0 Å². The van der Waals surface area contributed by atoms with Gasteiger partial charge >= 0.3 is 0 Å². The van der Waals surface area contributed by atoms with Crippen molar-refractivity contribution in [1.82, 2.24) is 5.43 Å². The minimum atomic E-state index is 0.213. The first-order chi connectivity index (χ1) is 9.41. The summed E-state index contributed by atoms with van der Waals surface area (Å²) in [4.78, 5) is 0. The summed E-state index contributed by atoms with van der Waals surface area (Å²) in [6, 6.07) is 9.32. The zero-order valence-electron chi connectivity index (χ0n) is 13.4. The first kappa shape index (κ1) is 15.5. The second-order valence-electron chi connectivity index (χ2n) is 7.54. The van der Waals surface area contributed by atoms with Crippen molar-refractivity contribution in [1.29, 1.82) is 0 Å². The average molecular weight is 274 g/mol. The van der Waals surface area contributed by atoms with Gasteiger partial charge in [-0.2, -0.15) is 0 Å². The Hall–Kier alpha value is -0.860. The molecule has 0 radical (unpaired) electrons. The van der Waals surface area contributed by atoms with Crippen LogP contribution < -0.4 is 11.3 Å². The molecule has 0 heterocycles. The Morgan fingerprint density at radius 1 is 1.05 bits per heavy atom. The van der Waals surface area contributed by atoms with Crippen molar-refractivity contribution < 1.29 is 0 Å². The first-order valence-electron chi connectivity index (χ1n) is 7.98. The monoisotopic (exact) mass is 274 g/mol. The molecule has 3 N–H and O–H groups in total. The second-order valence-corrected chi connectivity index (χ2v) is 7.54. The molecule has 112 valence electrons. The van der Waals surface area contributed by atoms with Crippen molar-refractivity contribution in [2.75, 3.05) is 0 Å². The summed E-state index contributed by atoms with van der Waals surface area (Å²) in [5.41, 5.74) is 5.99. The van der Waals surface area contributed by atoms with Crippen LogP contribution in [-0.2, 0) is 5.41 Å². The fourth-order valence-corrected chi connectivity index (χ4v) is 3.31. The Morgan fingerprint density at radius 3 is 2.05 bits per heavy atom. The lowest BCUT2D eigenvalue weighted by atomic mass is 9.77. The Bertz CT molecular complexity index is 408. The summed E-state index contributed by atoms with van der Waals surface area (Å²) in [6.45, 7) is 9.12. The van der Waals surface area contributed by atoms with Crippen LogP contribution in [-0.4, -0.2) is 0 Å². The molecule has 0 aromatic heterocycles. The van der Waals surface area contributed by atoms with Gasteiger partial charge in [0.15, 0.2) is 0 Å². The molecular formula is C18H30N2. The SMILES string of the molecule is CC1CCC(C(NN)c2ccc(C(C)(C)C)cc2)CC1. The zero-order valence-corrected chi connectivity index (χ0v) is 13.4. The zero-order chi connectivity index (χ0) is 14.8. The van der Waals surface area contributed by atoms with E-state index in [1.165, 1.54) is 36.8 Å². The molecule has 2 nitrogen and oxygen atoms in total. The summed E-state index contributed by atoms with van der Waals surface area (Å²) in [5, 5.41) is 0. The fourth-order valence-electron chi connectivity index (χ4n) is 3.31. The maximum absolute atomic E-state index is 5.84. The van der Waals surface area contributed by atoms with Gasteiger partial charge < -0.3 is 0 Å². The van der Waals surface area contributed by atoms with Crippen LogP contribution in [0.25, 0.3) is 0 Å². The summed E-state index contributed by atoms with van der Waals surface area (Å²) in [5.74, 6) is 7.40. The summed E-state index contributed by atoms with van der Waals surface area (Å²) in [6.07, 6.45) is 5.25. The van der Waals surface area contributed by atoms with Crippen LogP contribution in [0.1, 0.15) is 70.5 Å². The van der Waals surface area contributed by atoms with Crippen molar-refractivity contribution in [3.05, 3.63) is 35.4 Å². The van der Waals surface area contributed by atoms with Crippen molar-refractivity contribution in [2.45, 2.75) is 64.8 Å². The molecule has 0 spiro atoms. The molecule has 0 aliphatic heterocycles. The fraction of sp³-hybridized carbons (Fsp3) is 0.667. The number of nitrogens with one attached hydrogen (secondary N) is 1. The number of nitrogens with two attached hydrogens (primary N) is 1. The molecule has 1 aromatic rings. The molecule has 1 aliphatic carbocycles. The van der Waals surface area contributed by atoms with E-state index < -0.39 is 0 Å². The largest absolute Gasteiger partial charge is 0.271 e. The van der Waals surface area contributed by atoms with Crippen LogP contribution in [0.4, 0.5) is 0 Å². The van der Waals surface area contributed by atoms with E-state index in [4.69, 9.17) is 5.84 Å². The Kier molecular flexibility index (Phi) is 4.87. The second kappa shape index (κ2) is 6.28. The number of hydrogen-bond acceptors (Lipinski definition) is 2. The smallest absolute Gasteiger partial charge is 0.0488 e. The van der Waals surface area contributed by atoms with Crippen LogP contribution >= 0.6 is 0 Å². The molecule has 1 atom stereocenters. The van der Waals surface area contributed by atoms with Gasteiger partial charge in [-0.05, 0) is 41.2 Å². The molecular weight excluding hydrogens is 244 g/mol. The van der Waals surface area contributed by atoms with Gasteiger partial charge in [0.2, 0.25) is 0 Å². The van der Waals surface area contributed by atoms with E-state index in [1.807, 2.05) is 0 Å². The lowest BCUT2D eigenvalue weighted by Crippen LogP contribution is -2.35. The maximum Gasteiger partial charge on any atom is 0.0488 e. The molecule has 1 unspecified atom stereocenters. The number of hydrazine groups is 1. The lowest BCUT2D eigenvalue weighted by molar-refractivity contribution is 0.232. The predicted molar refractivity (Wildman–Crippen MR) is 86.3 cm³/mol. The molecule has 20 heavy (non-hydrogen) atoms. The maximum atomic E-state index is 5.84. The van der Waals surface area contributed by atoms with Crippen LogP contribution in [0.2, 0.25) is 0 Å². The molecule has 0 saturated heterocycles. The van der Waals surface area contributed by atoms with Crippen molar-refractivity contribution in [2.24, 2.45) is 17.7 Å². The van der Waals surface area contributed by atoms with E-state index in [-0.39, 0.29) is 5.41 Å². The van der Waals surface area contributed by atoms with Crippen molar-refractivity contribution in [3.8, 4) is 0 Å². The summed E-state index contributed by atoms with van der Waals surface area (Å²) in [7, 11) is 0. The highest BCUT2D eigenvalue weighted by molar-refractivity contribution is 5.29. The summed E-state index contributed by atoms with van der Waals surface area (Å²) < 4.78 is 0. The van der Waals surface area contributed by atoms with Crippen LogP contribution in [0.5, 0.6) is 0 Å². The highest BCUT2D eigenvalue weighted by Crippen LogP contribution is 2.36. The van der Waals surface area contributed by atoms with Gasteiger partial charge in [-0.15, -0.1) is 0 Å². The van der Waals surface area contributed by atoms with E-state index in [0.29, 0.717) is 12.0 Å². The van der Waals surface area contributed by atoms with Gasteiger partial charge in [-0.25, -0.2) is 0 Å². The van der Waals surface area contributed by atoms with E-state index in [2.05, 4.69) is 57.4 Å². The lowest BCUT2D eigenvalue weighted by Gasteiger charge is -2.33. The number of benzene rings is 1. The van der Waals surface area contributed by atoms with Gasteiger partial charge in [-0.3, -0.25) is 11.3 Å². The third kappa shape index (κ3) is 3.62. The number of rotatable bonds is 3. The van der Waals surface area contributed by atoms with Gasteiger partial charge in [0.1, 0.15) is 0 Å². The van der Waals surface area contributed by atoms with Gasteiger partial charge in [-0.1, -0.05) is 64.8 Å². The van der Waals surface area contributed by atoms with Gasteiger partial charge in [0.05, 0.1) is 0 Å². The highest BCUT2D eigenvalue weighted by atomic mass is 15.2. The normalized spacial score (nSPS) is 25.4. The van der Waals surface area contributed by atoms with Crippen molar-refractivity contribution in [3.63, 3.8) is 0 Å². The van der Waals surface area contributed by atoms with Gasteiger partial charge in [0.25, 0.3) is 0 Å². The third-order valence-corrected chi connectivity index (χ3v) is 4.85.